The molecule has 1 heterocycles. The van der Waals surface area contributed by atoms with Crippen molar-refractivity contribution in [3.8, 4) is 0 Å². The summed E-state index contributed by atoms with van der Waals surface area (Å²) in [4.78, 5) is 57.2. The van der Waals surface area contributed by atoms with E-state index in [0.29, 0.717) is 17.3 Å². The molecule has 3 amide bonds. The number of carbonyl (C=O) groups is 5. The third-order valence-corrected chi connectivity index (χ3v) is 3.68. The fourth-order valence-corrected chi connectivity index (χ4v) is 1.99. The highest BCUT2D eigenvalue weighted by molar-refractivity contribution is 6.29. The molecule has 0 radical (unpaired) electrons. The Hall–Kier alpha value is -3.41. The highest BCUT2D eigenvalue weighted by Crippen LogP contribution is 2.04. The Kier molecular flexibility index (Phi) is 13.7. The molecule has 0 aliphatic carbocycles. The minimum absolute atomic E-state index is 0.0948. The molecule has 0 fully saturated rings. The molecule has 13 heteroatoms. The number of pyridine rings is 1. The van der Waals surface area contributed by atoms with E-state index >= 15 is 0 Å². The maximum absolute atomic E-state index is 11.4. The van der Waals surface area contributed by atoms with Crippen molar-refractivity contribution >= 4 is 41.4 Å². The monoisotopic (exact) mass is 460 g/mol. The van der Waals surface area contributed by atoms with Crippen LogP contribution in [0.4, 0.5) is 4.79 Å². The summed E-state index contributed by atoms with van der Waals surface area (Å²) in [6.07, 6.45) is 2.83. The van der Waals surface area contributed by atoms with Crippen LogP contribution >= 0.6 is 11.6 Å². The van der Waals surface area contributed by atoms with Crippen molar-refractivity contribution in [2.24, 2.45) is 0 Å². The van der Waals surface area contributed by atoms with E-state index in [1.165, 1.54) is 6.20 Å². The van der Waals surface area contributed by atoms with E-state index in [9.17, 15) is 24.0 Å². The predicted octanol–water partition coefficient (Wildman–Crippen LogP) is 0.953. The van der Waals surface area contributed by atoms with Gasteiger partial charge in [-0.25, -0.2) is 14.6 Å². The minimum atomic E-state index is -1.39. The normalized spacial score (nSPS) is 10.6. The first kappa shape index (κ1) is 27.6. The molecule has 12 nitrogen and oxygen atoms in total. The third kappa shape index (κ3) is 14.3. The molecule has 0 saturated carbocycles. The Balaban J connectivity index is 0.000000590. The number of hydrogen-bond acceptors (Lipinski definition) is 6. The minimum Gasteiger partial charge on any atom is -0.481 e. The van der Waals surface area contributed by atoms with E-state index in [0.717, 1.165) is 12.8 Å². The summed E-state index contributed by atoms with van der Waals surface area (Å²) in [6, 6.07) is 0.914. The van der Waals surface area contributed by atoms with Gasteiger partial charge >= 0.3 is 23.9 Å². The first-order chi connectivity index (χ1) is 14.6. The average molecular weight is 461 g/mol. The Bertz CT molecular complexity index is 757. The van der Waals surface area contributed by atoms with Crippen LogP contribution in [0.15, 0.2) is 18.3 Å². The number of amides is 3. The van der Waals surface area contributed by atoms with Gasteiger partial charge in [0.2, 0.25) is 0 Å². The van der Waals surface area contributed by atoms with Crippen molar-refractivity contribution in [1.29, 1.82) is 0 Å². The van der Waals surface area contributed by atoms with E-state index < -0.39 is 42.9 Å². The zero-order valence-corrected chi connectivity index (χ0v) is 17.5. The molecule has 0 bridgehead atoms. The Morgan fingerprint density at radius 3 is 2.23 bits per heavy atom. The van der Waals surface area contributed by atoms with Crippen molar-refractivity contribution in [2.45, 2.75) is 38.6 Å². The maximum atomic E-state index is 11.4. The number of hydrogen-bond donors (Lipinski definition) is 6. The second-order valence-corrected chi connectivity index (χ2v) is 6.41. The lowest BCUT2D eigenvalue weighted by molar-refractivity contribution is -0.140. The van der Waals surface area contributed by atoms with Crippen molar-refractivity contribution in [3.63, 3.8) is 0 Å². The van der Waals surface area contributed by atoms with Gasteiger partial charge in [-0.05, 0) is 25.0 Å². The lowest BCUT2D eigenvalue weighted by atomic mass is 10.1. The zero-order valence-electron chi connectivity index (χ0n) is 16.8. The van der Waals surface area contributed by atoms with Crippen LogP contribution < -0.4 is 16.0 Å². The number of aliphatic carboxylic acids is 3. The molecular formula is C18H25ClN4O8. The van der Waals surface area contributed by atoms with Crippen molar-refractivity contribution in [2.75, 3.05) is 13.1 Å². The number of aromatic nitrogens is 1. The van der Waals surface area contributed by atoms with Gasteiger partial charge in [-0.1, -0.05) is 24.9 Å². The van der Waals surface area contributed by atoms with Gasteiger partial charge < -0.3 is 31.3 Å². The Labute approximate surface area is 183 Å². The number of carboxylic acids is 3. The highest BCUT2D eigenvalue weighted by Gasteiger charge is 2.20. The summed E-state index contributed by atoms with van der Waals surface area (Å²) in [5, 5.41) is 32.3. The molecule has 0 aliphatic rings. The third-order valence-electron chi connectivity index (χ3n) is 3.46. The number of carboxylic acid groups (broad SMARTS) is 3. The number of urea groups is 1. The predicted molar refractivity (Wildman–Crippen MR) is 109 cm³/mol. The molecule has 1 rings (SSSR count). The molecule has 1 aromatic heterocycles. The molecule has 0 aromatic carbocycles. The standard InChI is InChI=1S/C10H13ClN2O.C8H12N2O7/c1-2-3-6-12-10(14)8-4-5-9(11)13-7-8;11-5(12)2-1-4(7(15)16)10-8(17)9-3-6(13)14/h4-5,7H,2-3,6H2,1H3,(H,12,14);4H,1-3H2,(H,11,12)(H,13,14)(H,15,16)(H2,9,10,17). The Morgan fingerprint density at radius 2 is 1.74 bits per heavy atom. The van der Waals surface area contributed by atoms with Gasteiger partial charge in [0.05, 0.1) is 5.56 Å². The average Bonchev–Trinajstić information content (AvgIpc) is 2.70. The lowest BCUT2D eigenvalue weighted by Crippen LogP contribution is -2.47. The van der Waals surface area contributed by atoms with Gasteiger partial charge in [-0.15, -0.1) is 0 Å². The SMILES string of the molecule is CCCCNC(=O)c1ccc(Cl)nc1.O=C(O)CCC(NC(=O)NCC(=O)O)C(=O)O. The largest absolute Gasteiger partial charge is 0.481 e. The smallest absolute Gasteiger partial charge is 0.326 e. The van der Waals surface area contributed by atoms with Crippen molar-refractivity contribution in [1.82, 2.24) is 20.9 Å². The Morgan fingerprint density at radius 1 is 1.06 bits per heavy atom. The number of nitrogens with zero attached hydrogens (tertiary/aromatic N) is 1. The fraction of sp³-hybridized carbons (Fsp3) is 0.444. The lowest BCUT2D eigenvalue weighted by Gasteiger charge is -2.13. The maximum Gasteiger partial charge on any atom is 0.326 e. The number of unbranched alkanes of at least 4 members (excludes halogenated alkanes) is 1. The second kappa shape index (κ2) is 15.4. The van der Waals surface area contributed by atoms with Crippen LogP contribution in [0.25, 0.3) is 0 Å². The molecule has 0 saturated heterocycles. The van der Waals surface area contributed by atoms with E-state index in [-0.39, 0.29) is 12.3 Å². The van der Waals surface area contributed by atoms with E-state index in [1.807, 2.05) is 10.6 Å². The molecule has 0 spiro atoms. The number of carbonyl (C=O) groups excluding carboxylic acids is 2. The van der Waals surface area contributed by atoms with Crippen LogP contribution in [0.1, 0.15) is 43.0 Å². The van der Waals surface area contributed by atoms with Crippen LogP contribution in [-0.4, -0.2) is 69.3 Å². The molecule has 0 aliphatic heterocycles. The van der Waals surface area contributed by atoms with Gasteiger partial charge in [0.25, 0.3) is 5.91 Å². The molecular weight excluding hydrogens is 436 g/mol. The summed E-state index contributed by atoms with van der Waals surface area (Å²) >= 11 is 5.60. The molecule has 172 valence electrons. The first-order valence-electron chi connectivity index (χ1n) is 9.17. The van der Waals surface area contributed by atoms with Crippen LogP contribution in [0.5, 0.6) is 0 Å². The first-order valence-corrected chi connectivity index (χ1v) is 9.55. The molecule has 1 aromatic rings. The molecule has 1 unspecified atom stereocenters. The van der Waals surface area contributed by atoms with Crippen molar-refractivity contribution in [3.05, 3.63) is 29.0 Å². The molecule has 31 heavy (non-hydrogen) atoms. The van der Waals surface area contributed by atoms with Crippen LogP contribution in [-0.2, 0) is 14.4 Å². The number of nitrogens with one attached hydrogen (secondary N) is 3. The van der Waals surface area contributed by atoms with Gasteiger partial charge in [-0.2, -0.15) is 0 Å². The van der Waals surface area contributed by atoms with E-state index in [1.54, 1.807) is 12.1 Å². The topological polar surface area (TPSA) is 195 Å². The van der Waals surface area contributed by atoms with Gasteiger partial charge in [0.1, 0.15) is 17.7 Å². The summed E-state index contributed by atoms with van der Waals surface area (Å²) in [5.41, 5.74) is 0.547. The highest BCUT2D eigenvalue weighted by atomic mass is 35.5. The summed E-state index contributed by atoms with van der Waals surface area (Å²) in [5.74, 6) is -3.96. The van der Waals surface area contributed by atoms with Gasteiger partial charge in [0.15, 0.2) is 0 Å². The number of halogens is 1. The number of rotatable bonds is 11. The van der Waals surface area contributed by atoms with Gasteiger partial charge in [-0.3, -0.25) is 14.4 Å². The quantitative estimate of drug-likeness (QED) is 0.206. The summed E-state index contributed by atoms with van der Waals surface area (Å²) in [6.45, 7) is 2.13. The summed E-state index contributed by atoms with van der Waals surface area (Å²) in [7, 11) is 0. The van der Waals surface area contributed by atoms with E-state index in [4.69, 9.17) is 26.9 Å². The van der Waals surface area contributed by atoms with E-state index in [2.05, 4.69) is 17.2 Å². The molecule has 1 atom stereocenters. The van der Waals surface area contributed by atoms with Crippen LogP contribution in [0.2, 0.25) is 5.15 Å². The zero-order chi connectivity index (χ0) is 23.8. The molecule has 6 N–H and O–H groups in total. The van der Waals surface area contributed by atoms with Crippen LogP contribution in [0, 0.1) is 0 Å². The second-order valence-electron chi connectivity index (χ2n) is 6.02. The van der Waals surface area contributed by atoms with Crippen molar-refractivity contribution < 1.29 is 39.3 Å². The van der Waals surface area contributed by atoms with Crippen LogP contribution in [0.3, 0.4) is 0 Å². The van der Waals surface area contributed by atoms with Gasteiger partial charge in [0, 0.05) is 19.2 Å². The summed E-state index contributed by atoms with van der Waals surface area (Å²) < 4.78 is 0. The fourth-order valence-electron chi connectivity index (χ4n) is 1.88.